The molecule has 3 aromatic rings. The molecule has 0 saturated carbocycles. The van der Waals surface area contributed by atoms with Gasteiger partial charge in [-0.2, -0.15) is 0 Å². The van der Waals surface area contributed by atoms with Crippen molar-refractivity contribution in [2.24, 2.45) is 0 Å². The summed E-state index contributed by atoms with van der Waals surface area (Å²) in [5.41, 5.74) is 5.37. The lowest BCUT2D eigenvalue weighted by molar-refractivity contribution is 0.535. The first-order valence-corrected chi connectivity index (χ1v) is 8.53. The van der Waals surface area contributed by atoms with E-state index in [4.69, 9.17) is 0 Å². The fraction of sp³-hybridized carbons (Fsp3) is 0.333. The first-order valence-electron chi connectivity index (χ1n) is 8.53. The second-order valence-electron chi connectivity index (χ2n) is 6.48. The van der Waals surface area contributed by atoms with Crippen LogP contribution in [0.3, 0.4) is 0 Å². The zero-order valence-electron chi connectivity index (χ0n) is 14.3. The summed E-state index contributed by atoms with van der Waals surface area (Å²) in [7, 11) is 0. The van der Waals surface area contributed by atoms with E-state index in [-0.39, 0.29) is 0 Å². The maximum absolute atomic E-state index is 3.61. The zero-order valence-corrected chi connectivity index (χ0v) is 14.3. The van der Waals surface area contributed by atoms with Crippen molar-refractivity contribution in [3.8, 4) is 0 Å². The Morgan fingerprint density at radius 3 is 2.70 bits per heavy atom. The van der Waals surface area contributed by atoms with Crippen molar-refractivity contribution in [1.29, 1.82) is 0 Å². The first kappa shape index (κ1) is 15.8. The Morgan fingerprint density at radius 1 is 1.09 bits per heavy atom. The molecule has 1 heterocycles. The third-order valence-corrected chi connectivity index (χ3v) is 4.56. The van der Waals surface area contributed by atoms with Crippen molar-refractivity contribution in [3.05, 3.63) is 71.4 Å². The summed E-state index contributed by atoms with van der Waals surface area (Å²) in [5, 5.41) is 4.97. The van der Waals surface area contributed by atoms with Crippen molar-refractivity contribution < 1.29 is 0 Å². The minimum Gasteiger partial charge on any atom is -0.343 e. The summed E-state index contributed by atoms with van der Waals surface area (Å²) >= 11 is 0. The molecule has 2 heteroatoms. The van der Waals surface area contributed by atoms with E-state index in [0.29, 0.717) is 6.04 Å². The standard InChI is InChI=1S/C21H26N2/c1-4-17(3)22-13-19-15-23(21-11-6-5-10-20(19)21)14-18-9-7-8-16(2)12-18/h5-12,15,17,22H,4,13-14H2,1-3H3/t17-/m0/s1. The number of fused-ring (bicyclic) bond motifs is 1. The van der Waals surface area contributed by atoms with Crippen LogP contribution in [0.1, 0.15) is 37.0 Å². The van der Waals surface area contributed by atoms with Gasteiger partial charge in [0.25, 0.3) is 0 Å². The Kier molecular flexibility index (Phi) is 4.82. The van der Waals surface area contributed by atoms with Gasteiger partial charge in [-0.3, -0.25) is 0 Å². The van der Waals surface area contributed by atoms with Crippen LogP contribution in [0.5, 0.6) is 0 Å². The quantitative estimate of drug-likeness (QED) is 0.686. The third kappa shape index (κ3) is 3.65. The molecule has 120 valence electrons. The van der Waals surface area contributed by atoms with Crippen LogP contribution in [0.15, 0.2) is 54.7 Å². The van der Waals surface area contributed by atoms with Crippen molar-refractivity contribution in [2.75, 3.05) is 0 Å². The van der Waals surface area contributed by atoms with E-state index in [9.17, 15) is 0 Å². The molecule has 23 heavy (non-hydrogen) atoms. The lowest BCUT2D eigenvalue weighted by Gasteiger charge is -2.10. The molecule has 0 fully saturated rings. The molecule has 0 aliphatic heterocycles. The van der Waals surface area contributed by atoms with Gasteiger partial charge in [-0.1, -0.05) is 55.0 Å². The number of nitrogens with zero attached hydrogens (tertiary/aromatic N) is 1. The lowest BCUT2D eigenvalue weighted by atomic mass is 10.1. The van der Waals surface area contributed by atoms with Gasteiger partial charge in [0.15, 0.2) is 0 Å². The Morgan fingerprint density at radius 2 is 1.91 bits per heavy atom. The fourth-order valence-corrected chi connectivity index (χ4v) is 3.03. The second-order valence-corrected chi connectivity index (χ2v) is 6.48. The van der Waals surface area contributed by atoms with Crippen LogP contribution >= 0.6 is 0 Å². The van der Waals surface area contributed by atoms with E-state index in [1.807, 2.05) is 0 Å². The highest BCUT2D eigenvalue weighted by Crippen LogP contribution is 2.22. The minimum absolute atomic E-state index is 0.550. The molecule has 0 saturated heterocycles. The summed E-state index contributed by atoms with van der Waals surface area (Å²) in [6, 6.07) is 18.0. The van der Waals surface area contributed by atoms with Gasteiger partial charge in [0, 0.05) is 36.2 Å². The number of aromatic nitrogens is 1. The van der Waals surface area contributed by atoms with Crippen LogP contribution in [-0.4, -0.2) is 10.6 Å². The van der Waals surface area contributed by atoms with Crippen molar-refractivity contribution >= 4 is 10.9 Å². The molecule has 1 atom stereocenters. The highest BCUT2D eigenvalue weighted by molar-refractivity contribution is 5.84. The van der Waals surface area contributed by atoms with Gasteiger partial charge in [0.05, 0.1) is 0 Å². The Labute approximate surface area is 139 Å². The molecule has 2 aromatic carbocycles. The molecule has 0 amide bonds. The van der Waals surface area contributed by atoms with E-state index < -0.39 is 0 Å². The Hall–Kier alpha value is -2.06. The summed E-state index contributed by atoms with van der Waals surface area (Å²) in [5.74, 6) is 0. The lowest BCUT2D eigenvalue weighted by Crippen LogP contribution is -2.24. The molecule has 0 aliphatic carbocycles. The van der Waals surface area contributed by atoms with Crippen LogP contribution in [-0.2, 0) is 13.1 Å². The summed E-state index contributed by atoms with van der Waals surface area (Å²) in [4.78, 5) is 0. The first-order chi connectivity index (χ1) is 11.2. The highest BCUT2D eigenvalue weighted by atomic mass is 15.0. The molecule has 2 nitrogen and oxygen atoms in total. The molecular weight excluding hydrogens is 280 g/mol. The largest absolute Gasteiger partial charge is 0.343 e. The van der Waals surface area contributed by atoms with Crippen molar-refractivity contribution in [1.82, 2.24) is 9.88 Å². The highest BCUT2D eigenvalue weighted by Gasteiger charge is 2.09. The SMILES string of the molecule is CC[C@H](C)NCc1cn(Cc2cccc(C)c2)c2ccccc12. The van der Waals surface area contributed by atoms with Gasteiger partial charge in [0.2, 0.25) is 0 Å². The van der Waals surface area contributed by atoms with Crippen LogP contribution in [0.25, 0.3) is 10.9 Å². The average molecular weight is 306 g/mol. The molecule has 3 rings (SSSR count). The molecule has 0 aliphatic rings. The average Bonchev–Trinajstić information content (AvgIpc) is 2.91. The topological polar surface area (TPSA) is 17.0 Å². The van der Waals surface area contributed by atoms with Gasteiger partial charge in [-0.05, 0) is 37.5 Å². The minimum atomic E-state index is 0.550. The Bertz CT molecular complexity index is 785. The number of para-hydroxylation sites is 1. The second kappa shape index (κ2) is 7.01. The van der Waals surface area contributed by atoms with Crippen LogP contribution in [0, 0.1) is 6.92 Å². The predicted molar refractivity (Wildman–Crippen MR) is 98.8 cm³/mol. The molecule has 0 bridgehead atoms. The molecule has 1 aromatic heterocycles. The van der Waals surface area contributed by atoms with Crippen molar-refractivity contribution in [2.45, 2.75) is 46.3 Å². The Balaban J connectivity index is 1.91. The predicted octanol–water partition coefficient (Wildman–Crippen LogP) is 4.89. The monoisotopic (exact) mass is 306 g/mol. The molecule has 1 N–H and O–H groups in total. The summed E-state index contributed by atoms with van der Waals surface area (Å²) < 4.78 is 2.37. The third-order valence-electron chi connectivity index (χ3n) is 4.56. The zero-order chi connectivity index (χ0) is 16.2. The van der Waals surface area contributed by atoms with Crippen molar-refractivity contribution in [3.63, 3.8) is 0 Å². The number of hydrogen-bond donors (Lipinski definition) is 1. The molecule has 0 spiro atoms. The fourth-order valence-electron chi connectivity index (χ4n) is 3.03. The van der Waals surface area contributed by atoms with E-state index in [2.05, 4.69) is 85.4 Å². The van der Waals surface area contributed by atoms with Gasteiger partial charge in [-0.25, -0.2) is 0 Å². The maximum Gasteiger partial charge on any atom is 0.0486 e. The number of nitrogens with one attached hydrogen (secondary N) is 1. The van der Waals surface area contributed by atoms with E-state index >= 15 is 0 Å². The smallest absolute Gasteiger partial charge is 0.0486 e. The van der Waals surface area contributed by atoms with E-state index in [1.54, 1.807) is 0 Å². The van der Waals surface area contributed by atoms with Crippen LogP contribution in [0.2, 0.25) is 0 Å². The normalized spacial score (nSPS) is 12.7. The van der Waals surface area contributed by atoms with Gasteiger partial charge >= 0.3 is 0 Å². The molecule has 0 radical (unpaired) electrons. The molecular formula is C21H26N2. The van der Waals surface area contributed by atoms with Gasteiger partial charge in [-0.15, -0.1) is 0 Å². The van der Waals surface area contributed by atoms with Gasteiger partial charge in [0.1, 0.15) is 0 Å². The number of aryl methyl sites for hydroxylation is 1. The van der Waals surface area contributed by atoms with Crippen LogP contribution < -0.4 is 5.32 Å². The molecule has 0 unspecified atom stereocenters. The number of hydrogen-bond acceptors (Lipinski definition) is 1. The van der Waals surface area contributed by atoms with E-state index in [1.165, 1.54) is 27.6 Å². The number of benzene rings is 2. The van der Waals surface area contributed by atoms with Crippen LogP contribution in [0.4, 0.5) is 0 Å². The summed E-state index contributed by atoms with van der Waals surface area (Å²) in [6.45, 7) is 8.46. The van der Waals surface area contributed by atoms with Gasteiger partial charge < -0.3 is 9.88 Å². The number of rotatable bonds is 6. The summed E-state index contributed by atoms with van der Waals surface area (Å²) in [6.07, 6.45) is 3.46. The maximum atomic E-state index is 3.61. The van der Waals surface area contributed by atoms with E-state index in [0.717, 1.165) is 19.5 Å².